The Morgan fingerprint density at radius 2 is 1.40 bits per heavy atom. The molecule has 1 aliphatic rings. The predicted molar refractivity (Wildman–Crippen MR) is 169 cm³/mol. The summed E-state index contributed by atoms with van der Waals surface area (Å²) in [5, 5.41) is 5.73. The van der Waals surface area contributed by atoms with Gasteiger partial charge in [-0.15, -0.1) is 0 Å². The largest absolute Gasteiger partial charge is 0.463 e. The van der Waals surface area contributed by atoms with Gasteiger partial charge in [-0.25, -0.2) is 4.79 Å². The minimum absolute atomic E-state index is 0.0924. The molecule has 0 unspecified atom stereocenters. The average molecular weight is 588 g/mol. The number of hydrogen-bond donors (Lipinski definition) is 3. The monoisotopic (exact) mass is 587 g/mol. The Balaban J connectivity index is 1.50. The third-order valence-electron chi connectivity index (χ3n) is 7.55. The average Bonchev–Trinajstić information content (AvgIpc) is 3.31. The molecular weight excluding hydrogens is 546 g/mol. The van der Waals surface area contributed by atoms with Crippen LogP contribution in [0.3, 0.4) is 0 Å². The molecule has 0 heterocycles. The molecule has 7 nitrogen and oxygen atoms in total. The number of nitrogens with two attached hydrogens (primary N) is 1. The lowest BCUT2D eigenvalue weighted by molar-refractivity contribution is -0.148. The number of thioether (sulfide) groups is 1. The summed E-state index contributed by atoms with van der Waals surface area (Å²) in [5.74, 6) is -0.526. The lowest BCUT2D eigenvalue weighted by atomic mass is 9.98. The first kappa shape index (κ1) is 31.3. The SMILES string of the molecule is CSCC[C@H](N)C(=O)N[C@H](CC(C)C)C(=O)N[C@H](Cc1ccccc1)C(=O)OCC1c2ccccc2-c2ccccc21. The zero-order chi connectivity index (χ0) is 30.1. The summed E-state index contributed by atoms with van der Waals surface area (Å²) in [4.78, 5) is 40.0. The maximum atomic E-state index is 13.6. The fourth-order valence-corrected chi connectivity index (χ4v) is 5.87. The van der Waals surface area contributed by atoms with Gasteiger partial charge in [0, 0.05) is 12.3 Å². The van der Waals surface area contributed by atoms with Gasteiger partial charge in [0.15, 0.2) is 0 Å². The van der Waals surface area contributed by atoms with Crippen molar-refractivity contribution in [2.75, 3.05) is 18.6 Å². The van der Waals surface area contributed by atoms with Crippen LogP contribution in [0.15, 0.2) is 78.9 Å². The lowest BCUT2D eigenvalue weighted by Gasteiger charge is -2.25. The lowest BCUT2D eigenvalue weighted by Crippen LogP contribution is -2.55. The zero-order valence-corrected chi connectivity index (χ0v) is 25.4. The quantitative estimate of drug-likeness (QED) is 0.236. The number of amides is 2. The molecule has 0 fully saturated rings. The van der Waals surface area contributed by atoms with Gasteiger partial charge >= 0.3 is 5.97 Å². The van der Waals surface area contributed by atoms with Crippen LogP contribution in [0.5, 0.6) is 0 Å². The number of rotatable bonds is 14. The van der Waals surface area contributed by atoms with Crippen molar-refractivity contribution in [3.8, 4) is 11.1 Å². The van der Waals surface area contributed by atoms with E-state index in [0.29, 0.717) is 12.8 Å². The molecule has 0 saturated carbocycles. The highest BCUT2D eigenvalue weighted by molar-refractivity contribution is 7.98. The van der Waals surface area contributed by atoms with Gasteiger partial charge in [0.2, 0.25) is 11.8 Å². The van der Waals surface area contributed by atoms with Gasteiger partial charge in [0.05, 0.1) is 6.04 Å². The van der Waals surface area contributed by atoms with Crippen molar-refractivity contribution in [1.29, 1.82) is 0 Å². The van der Waals surface area contributed by atoms with E-state index in [4.69, 9.17) is 10.5 Å². The van der Waals surface area contributed by atoms with Gasteiger partial charge in [-0.3, -0.25) is 9.59 Å². The Morgan fingerprint density at radius 1 is 0.833 bits per heavy atom. The number of carbonyl (C=O) groups excluding carboxylic acids is 3. The standard InChI is InChI=1S/C34H41N3O4S/c1-22(2)19-30(36-32(38)29(35)17-18-42-3)33(39)37-31(20-23-11-5-4-6-12-23)34(40)41-21-28-26-15-9-7-13-24(26)25-14-8-10-16-27(25)28/h4-16,22,28-31H,17-21,35H2,1-3H3,(H,36,38)(H,37,39)/t29-,30+,31+/m0/s1. The summed E-state index contributed by atoms with van der Waals surface area (Å²) in [6, 6.07) is 23.4. The molecule has 1 aliphatic carbocycles. The highest BCUT2D eigenvalue weighted by Crippen LogP contribution is 2.44. The van der Waals surface area contributed by atoms with Crippen molar-refractivity contribution in [3.05, 3.63) is 95.6 Å². The molecule has 0 aliphatic heterocycles. The van der Waals surface area contributed by atoms with E-state index in [-0.39, 0.29) is 30.8 Å². The first-order valence-corrected chi connectivity index (χ1v) is 15.9. The van der Waals surface area contributed by atoms with Crippen LogP contribution in [0.1, 0.15) is 49.3 Å². The van der Waals surface area contributed by atoms with Crippen molar-refractivity contribution >= 4 is 29.5 Å². The summed E-state index contributed by atoms with van der Waals surface area (Å²) in [5.41, 5.74) is 11.5. The van der Waals surface area contributed by atoms with Crippen molar-refractivity contribution in [2.24, 2.45) is 11.7 Å². The Bertz CT molecular complexity index is 1320. The van der Waals surface area contributed by atoms with Gasteiger partial charge in [-0.2, -0.15) is 11.8 Å². The fraction of sp³-hybridized carbons (Fsp3) is 0.382. The molecule has 0 aromatic heterocycles. The molecule has 0 spiro atoms. The van der Waals surface area contributed by atoms with E-state index in [1.807, 2.05) is 74.7 Å². The van der Waals surface area contributed by atoms with E-state index in [1.165, 1.54) is 0 Å². The van der Waals surface area contributed by atoms with Crippen LogP contribution in [0.4, 0.5) is 0 Å². The van der Waals surface area contributed by atoms with Gasteiger partial charge in [0.25, 0.3) is 0 Å². The normalized spacial score (nSPS) is 14.4. The molecule has 0 saturated heterocycles. The molecule has 42 heavy (non-hydrogen) atoms. The van der Waals surface area contributed by atoms with Crippen LogP contribution < -0.4 is 16.4 Å². The highest BCUT2D eigenvalue weighted by atomic mass is 32.2. The Kier molecular flexibility index (Phi) is 11.2. The van der Waals surface area contributed by atoms with E-state index in [9.17, 15) is 14.4 Å². The summed E-state index contributed by atoms with van der Waals surface area (Å²) < 4.78 is 5.94. The number of esters is 1. The van der Waals surface area contributed by atoms with Crippen molar-refractivity contribution < 1.29 is 19.1 Å². The number of nitrogens with one attached hydrogen (secondary N) is 2. The minimum Gasteiger partial charge on any atom is -0.463 e. The third-order valence-corrected chi connectivity index (χ3v) is 8.19. The second kappa shape index (κ2) is 15.0. The van der Waals surface area contributed by atoms with Gasteiger partial charge < -0.3 is 21.1 Å². The number of ether oxygens (including phenoxy) is 1. The van der Waals surface area contributed by atoms with E-state index in [2.05, 4.69) is 34.9 Å². The molecule has 222 valence electrons. The van der Waals surface area contributed by atoms with Crippen LogP contribution in [0.25, 0.3) is 11.1 Å². The van der Waals surface area contributed by atoms with Crippen molar-refractivity contribution in [1.82, 2.24) is 10.6 Å². The summed E-state index contributed by atoms with van der Waals surface area (Å²) in [6.07, 6.45) is 3.14. The fourth-order valence-electron chi connectivity index (χ4n) is 5.38. The second-order valence-electron chi connectivity index (χ2n) is 11.2. The maximum Gasteiger partial charge on any atom is 0.329 e. The number of hydrogen-bond acceptors (Lipinski definition) is 6. The first-order valence-electron chi connectivity index (χ1n) is 14.5. The maximum absolute atomic E-state index is 13.6. The van der Waals surface area contributed by atoms with E-state index in [0.717, 1.165) is 33.6 Å². The smallest absolute Gasteiger partial charge is 0.329 e. The van der Waals surface area contributed by atoms with Crippen LogP contribution in [-0.2, 0) is 25.5 Å². The van der Waals surface area contributed by atoms with Crippen molar-refractivity contribution in [2.45, 2.75) is 57.2 Å². The van der Waals surface area contributed by atoms with Crippen LogP contribution in [0.2, 0.25) is 0 Å². The molecule has 0 bridgehead atoms. The predicted octanol–water partition coefficient (Wildman–Crippen LogP) is 4.68. The first-order chi connectivity index (χ1) is 20.3. The Hall–Kier alpha value is -3.62. The summed E-state index contributed by atoms with van der Waals surface area (Å²) in [7, 11) is 0. The molecule has 0 radical (unpaired) electrons. The Labute approximate surface area is 253 Å². The number of benzene rings is 3. The van der Waals surface area contributed by atoms with Crippen LogP contribution in [0, 0.1) is 5.92 Å². The van der Waals surface area contributed by atoms with Gasteiger partial charge in [0.1, 0.15) is 18.7 Å². The van der Waals surface area contributed by atoms with Crippen LogP contribution in [-0.4, -0.2) is 54.5 Å². The summed E-state index contributed by atoms with van der Waals surface area (Å²) in [6.45, 7) is 4.12. The molecule has 2 amide bonds. The number of fused-ring (bicyclic) bond motifs is 3. The molecule has 8 heteroatoms. The van der Waals surface area contributed by atoms with Crippen LogP contribution >= 0.6 is 11.8 Å². The number of carbonyl (C=O) groups is 3. The highest BCUT2D eigenvalue weighted by Gasteiger charge is 2.32. The second-order valence-corrected chi connectivity index (χ2v) is 12.2. The summed E-state index contributed by atoms with van der Waals surface area (Å²) >= 11 is 1.61. The molecule has 4 rings (SSSR count). The van der Waals surface area contributed by atoms with E-state index >= 15 is 0 Å². The minimum atomic E-state index is -0.927. The third kappa shape index (κ3) is 8.01. The topological polar surface area (TPSA) is 111 Å². The van der Waals surface area contributed by atoms with E-state index < -0.39 is 30.0 Å². The molecule has 3 aromatic rings. The van der Waals surface area contributed by atoms with Gasteiger partial charge in [-0.05, 0) is 58.6 Å². The zero-order valence-electron chi connectivity index (χ0n) is 24.5. The molecular formula is C34H41N3O4S. The van der Waals surface area contributed by atoms with Crippen molar-refractivity contribution in [3.63, 3.8) is 0 Å². The molecule has 3 atom stereocenters. The molecule has 3 aromatic carbocycles. The van der Waals surface area contributed by atoms with Gasteiger partial charge in [-0.1, -0.05) is 92.7 Å². The molecule has 4 N–H and O–H groups in total. The Morgan fingerprint density at radius 3 is 2.00 bits per heavy atom. The van der Waals surface area contributed by atoms with E-state index in [1.54, 1.807) is 11.8 Å².